The molecule has 0 saturated heterocycles. The monoisotopic (exact) mass is 422 g/mol. The predicted octanol–water partition coefficient (Wildman–Crippen LogP) is 5.40. The van der Waals surface area contributed by atoms with Crippen molar-refractivity contribution in [1.29, 1.82) is 0 Å². The maximum absolute atomic E-state index is 12.2. The Hall–Kier alpha value is -3.28. The molecule has 1 amide bonds. The van der Waals surface area contributed by atoms with Gasteiger partial charge in [-0.15, -0.1) is 0 Å². The van der Waals surface area contributed by atoms with Crippen LogP contribution >= 0.6 is 0 Å². The molecule has 0 radical (unpaired) electrons. The average molecular weight is 423 g/mol. The van der Waals surface area contributed by atoms with E-state index in [4.69, 9.17) is 9.52 Å². The van der Waals surface area contributed by atoms with E-state index in [1.165, 1.54) is 5.56 Å². The molecule has 1 heterocycles. The number of amides is 1. The Morgan fingerprint density at radius 2 is 1.77 bits per heavy atom. The van der Waals surface area contributed by atoms with E-state index in [9.17, 15) is 9.59 Å². The Morgan fingerprint density at radius 1 is 1.06 bits per heavy atom. The number of hydrogen-bond donors (Lipinski definition) is 3. The van der Waals surface area contributed by atoms with E-state index in [0.29, 0.717) is 11.5 Å². The van der Waals surface area contributed by atoms with Crippen LogP contribution in [0, 0.1) is 5.92 Å². The number of nitrogens with one attached hydrogen (secondary N) is 2. The number of carbonyl (C=O) groups excluding carboxylic acids is 1. The van der Waals surface area contributed by atoms with E-state index in [-0.39, 0.29) is 24.9 Å². The van der Waals surface area contributed by atoms with Gasteiger partial charge in [0.05, 0.1) is 12.5 Å². The highest BCUT2D eigenvalue weighted by molar-refractivity contribution is 5.94. The molecule has 1 aromatic heterocycles. The Morgan fingerprint density at radius 3 is 2.42 bits per heavy atom. The Labute approximate surface area is 182 Å². The minimum atomic E-state index is -0.937. The lowest BCUT2D eigenvalue weighted by atomic mass is 9.97. The van der Waals surface area contributed by atoms with Gasteiger partial charge < -0.3 is 20.2 Å². The van der Waals surface area contributed by atoms with E-state index in [2.05, 4.69) is 37.5 Å². The summed E-state index contributed by atoms with van der Waals surface area (Å²) in [5.74, 6) is 0.216. The summed E-state index contributed by atoms with van der Waals surface area (Å²) in [7, 11) is 0. The summed E-state index contributed by atoms with van der Waals surface area (Å²) in [6, 6.07) is 15.4. The highest BCUT2D eigenvalue weighted by Crippen LogP contribution is 2.35. The molecule has 3 rings (SSSR count). The average Bonchev–Trinajstić information content (AvgIpc) is 3.11. The number of hydrogen-bond acceptors (Lipinski definition) is 4. The zero-order valence-electron chi connectivity index (χ0n) is 18.3. The van der Waals surface area contributed by atoms with Crippen LogP contribution in [0.25, 0.3) is 11.0 Å². The number of carboxylic acid groups (broad SMARTS) is 1. The third-order valence-corrected chi connectivity index (χ3v) is 5.22. The fraction of sp³-hybridized carbons (Fsp3) is 0.360. The number of para-hydroxylation sites is 1. The zero-order valence-corrected chi connectivity index (χ0v) is 18.3. The van der Waals surface area contributed by atoms with E-state index >= 15 is 0 Å². The van der Waals surface area contributed by atoms with Crippen molar-refractivity contribution in [3.63, 3.8) is 0 Å². The highest BCUT2D eigenvalue weighted by atomic mass is 16.4. The summed E-state index contributed by atoms with van der Waals surface area (Å²) in [5.41, 5.74) is 3.52. The topological polar surface area (TPSA) is 91.6 Å². The molecule has 31 heavy (non-hydrogen) atoms. The van der Waals surface area contributed by atoms with Crippen LogP contribution in [0.4, 0.5) is 5.69 Å². The van der Waals surface area contributed by atoms with Gasteiger partial charge in [-0.1, -0.05) is 39.0 Å². The number of anilines is 1. The molecule has 2 aromatic carbocycles. The van der Waals surface area contributed by atoms with Crippen LogP contribution in [0.5, 0.6) is 0 Å². The second kappa shape index (κ2) is 10.2. The van der Waals surface area contributed by atoms with Gasteiger partial charge in [0.15, 0.2) is 0 Å². The molecular formula is C25H30N2O4. The van der Waals surface area contributed by atoms with Crippen molar-refractivity contribution in [2.24, 2.45) is 5.92 Å². The van der Waals surface area contributed by atoms with Crippen molar-refractivity contribution in [3.05, 3.63) is 65.4 Å². The van der Waals surface area contributed by atoms with E-state index in [0.717, 1.165) is 35.3 Å². The number of carbonyl (C=O) groups is 2. The normalized spacial score (nSPS) is 12.1. The van der Waals surface area contributed by atoms with E-state index in [1.54, 1.807) is 12.1 Å². The molecule has 6 heteroatoms. The summed E-state index contributed by atoms with van der Waals surface area (Å²) in [6.07, 6.45) is 1.70. The van der Waals surface area contributed by atoms with Crippen molar-refractivity contribution in [2.45, 2.75) is 46.1 Å². The summed E-state index contributed by atoms with van der Waals surface area (Å²) < 4.78 is 6.28. The first-order valence-corrected chi connectivity index (χ1v) is 10.8. The summed E-state index contributed by atoms with van der Waals surface area (Å²) in [5, 5.41) is 16.0. The van der Waals surface area contributed by atoms with Gasteiger partial charge in [-0.3, -0.25) is 9.59 Å². The number of rotatable bonds is 10. The maximum atomic E-state index is 12.2. The number of aryl methyl sites for hydroxylation is 1. The van der Waals surface area contributed by atoms with Crippen molar-refractivity contribution in [2.75, 3.05) is 11.9 Å². The Bertz CT molecular complexity index is 1040. The summed E-state index contributed by atoms with van der Waals surface area (Å²) in [6.45, 7) is 6.63. The van der Waals surface area contributed by atoms with Crippen LogP contribution in [0.1, 0.15) is 61.3 Å². The molecular weight excluding hydrogens is 392 g/mol. The van der Waals surface area contributed by atoms with Crippen LogP contribution in [-0.2, 0) is 11.2 Å². The predicted molar refractivity (Wildman–Crippen MR) is 122 cm³/mol. The third kappa shape index (κ3) is 5.66. The van der Waals surface area contributed by atoms with Crippen LogP contribution in [0.2, 0.25) is 0 Å². The SMILES string of the molecule is CCc1c(C(CC(C)C)Nc2ccc(C(=O)NCCC(=O)O)cc2)oc2ccccc12. The molecule has 0 aliphatic carbocycles. The minimum Gasteiger partial charge on any atom is -0.481 e. The highest BCUT2D eigenvalue weighted by Gasteiger charge is 2.23. The van der Waals surface area contributed by atoms with Crippen LogP contribution in [0.3, 0.4) is 0 Å². The quantitative estimate of drug-likeness (QED) is 0.407. The third-order valence-electron chi connectivity index (χ3n) is 5.22. The zero-order chi connectivity index (χ0) is 22.4. The van der Waals surface area contributed by atoms with Crippen LogP contribution in [-0.4, -0.2) is 23.5 Å². The molecule has 164 valence electrons. The molecule has 0 saturated carbocycles. The second-order valence-electron chi connectivity index (χ2n) is 8.10. The lowest BCUT2D eigenvalue weighted by Gasteiger charge is -2.21. The standard InChI is InChI=1S/C25H30N2O4/c1-4-19-20-7-5-6-8-22(20)31-24(19)21(15-16(2)3)27-18-11-9-17(10-12-18)25(30)26-14-13-23(28)29/h5-12,16,21,27H,4,13-15H2,1-3H3,(H,26,30)(H,28,29). The van der Waals surface area contributed by atoms with Gasteiger partial charge in [-0.2, -0.15) is 0 Å². The second-order valence-corrected chi connectivity index (χ2v) is 8.10. The number of furan rings is 1. The first kappa shape index (κ1) is 22.4. The smallest absolute Gasteiger partial charge is 0.305 e. The Balaban J connectivity index is 1.79. The molecule has 0 aliphatic rings. The van der Waals surface area contributed by atoms with Crippen LogP contribution < -0.4 is 10.6 Å². The van der Waals surface area contributed by atoms with Gasteiger partial charge >= 0.3 is 5.97 Å². The molecule has 0 spiro atoms. The summed E-state index contributed by atoms with van der Waals surface area (Å²) >= 11 is 0. The first-order valence-electron chi connectivity index (χ1n) is 10.8. The van der Waals surface area contributed by atoms with Gasteiger partial charge in [0.1, 0.15) is 11.3 Å². The fourth-order valence-electron chi connectivity index (χ4n) is 3.77. The van der Waals surface area contributed by atoms with Crippen molar-refractivity contribution in [3.8, 4) is 0 Å². The molecule has 0 aliphatic heterocycles. The molecule has 0 fully saturated rings. The van der Waals surface area contributed by atoms with E-state index in [1.807, 2.05) is 30.3 Å². The number of benzene rings is 2. The lowest BCUT2D eigenvalue weighted by molar-refractivity contribution is -0.136. The molecule has 6 nitrogen and oxygen atoms in total. The molecule has 1 atom stereocenters. The molecule has 1 unspecified atom stereocenters. The van der Waals surface area contributed by atoms with Gasteiger partial charge in [0, 0.05) is 28.7 Å². The largest absolute Gasteiger partial charge is 0.481 e. The minimum absolute atomic E-state index is 0.0117. The molecule has 3 aromatic rings. The van der Waals surface area contributed by atoms with Crippen molar-refractivity contribution in [1.82, 2.24) is 5.32 Å². The van der Waals surface area contributed by atoms with Gasteiger partial charge in [0.2, 0.25) is 0 Å². The lowest BCUT2D eigenvalue weighted by Crippen LogP contribution is -2.25. The van der Waals surface area contributed by atoms with Gasteiger partial charge in [0.25, 0.3) is 5.91 Å². The van der Waals surface area contributed by atoms with E-state index < -0.39 is 5.97 Å². The first-order chi connectivity index (χ1) is 14.9. The summed E-state index contributed by atoms with van der Waals surface area (Å²) in [4.78, 5) is 22.8. The number of aliphatic carboxylic acids is 1. The van der Waals surface area contributed by atoms with Crippen molar-refractivity contribution < 1.29 is 19.1 Å². The number of carboxylic acids is 1. The molecule has 3 N–H and O–H groups in total. The van der Waals surface area contributed by atoms with Crippen LogP contribution in [0.15, 0.2) is 52.9 Å². The molecule has 0 bridgehead atoms. The van der Waals surface area contributed by atoms with Gasteiger partial charge in [-0.05, 0) is 49.1 Å². The number of fused-ring (bicyclic) bond motifs is 1. The fourth-order valence-corrected chi connectivity index (χ4v) is 3.77. The maximum Gasteiger partial charge on any atom is 0.305 e. The Kier molecular flexibility index (Phi) is 7.34. The van der Waals surface area contributed by atoms with Crippen molar-refractivity contribution >= 4 is 28.5 Å². The van der Waals surface area contributed by atoms with Gasteiger partial charge in [-0.25, -0.2) is 0 Å².